The van der Waals surface area contributed by atoms with Gasteiger partial charge in [0.25, 0.3) is 0 Å². The van der Waals surface area contributed by atoms with Crippen molar-refractivity contribution in [2.24, 2.45) is 23.1 Å². The predicted octanol–water partition coefficient (Wildman–Crippen LogP) is -1.54. The summed E-state index contributed by atoms with van der Waals surface area (Å²) in [5.41, 5.74) is 16.2. The molecule has 4 nitrogen and oxygen atoms in total. The summed E-state index contributed by atoms with van der Waals surface area (Å²) in [5, 5.41) is 3.21. The quantitative estimate of drug-likeness (QED) is 0.340. The largest absolute Gasteiger partial charge is 0.330 e. The van der Waals surface area contributed by atoms with Gasteiger partial charge in [-0.25, -0.2) is 0 Å². The molecule has 0 aromatic rings. The number of hydrogen-bond acceptors (Lipinski definition) is 4. The average Bonchev–Trinajstić information content (AvgIpc) is 2.03. The Bertz CT molecular complexity index is 76.8. The predicted molar refractivity (Wildman–Crippen MR) is 48.1 cm³/mol. The standard InChI is InChI=1S/C7H20N4/c8-2-1-7(5-10)6-11-4-3-9/h7,11H,1-6,8-10H2/t7-/m0/s1. The van der Waals surface area contributed by atoms with Crippen molar-refractivity contribution in [2.75, 3.05) is 32.7 Å². The van der Waals surface area contributed by atoms with E-state index in [4.69, 9.17) is 17.2 Å². The van der Waals surface area contributed by atoms with Crippen molar-refractivity contribution in [1.82, 2.24) is 5.32 Å². The van der Waals surface area contributed by atoms with E-state index in [1.54, 1.807) is 0 Å². The third kappa shape index (κ3) is 6.25. The second-order valence-electron chi connectivity index (χ2n) is 2.67. The van der Waals surface area contributed by atoms with Crippen molar-refractivity contribution >= 4 is 0 Å². The first kappa shape index (κ1) is 10.8. The molecule has 0 radical (unpaired) electrons. The first-order valence-corrected chi connectivity index (χ1v) is 4.16. The third-order valence-corrected chi connectivity index (χ3v) is 1.66. The van der Waals surface area contributed by atoms with Gasteiger partial charge in [-0.15, -0.1) is 0 Å². The minimum Gasteiger partial charge on any atom is -0.330 e. The number of hydrogen-bond donors (Lipinski definition) is 4. The summed E-state index contributed by atoms with van der Waals surface area (Å²) in [6, 6.07) is 0. The fraction of sp³-hybridized carbons (Fsp3) is 1.00. The van der Waals surface area contributed by atoms with Crippen LogP contribution in [0.15, 0.2) is 0 Å². The van der Waals surface area contributed by atoms with Gasteiger partial charge in [0.05, 0.1) is 0 Å². The van der Waals surface area contributed by atoms with Crippen LogP contribution in [0.1, 0.15) is 6.42 Å². The topological polar surface area (TPSA) is 90.1 Å². The highest BCUT2D eigenvalue weighted by Crippen LogP contribution is 1.95. The van der Waals surface area contributed by atoms with E-state index in [1.165, 1.54) is 0 Å². The zero-order valence-electron chi connectivity index (χ0n) is 7.05. The highest BCUT2D eigenvalue weighted by Gasteiger charge is 2.03. The summed E-state index contributed by atoms with van der Waals surface area (Å²) >= 11 is 0. The maximum atomic E-state index is 5.51. The molecule has 11 heavy (non-hydrogen) atoms. The van der Waals surface area contributed by atoms with Crippen LogP contribution in [-0.4, -0.2) is 32.7 Å². The molecule has 68 valence electrons. The van der Waals surface area contributed by atoms with Gasteiger partial charge in [-0.1, -0.05) is 0 Å². The van der Waals surface area contributed by atoms with Crippen molar-refractivity contribution in [3.8, 4) is 0 Å². The molecule has 0 amide bonds. The van der Waals surface area contributed by atoms with Crippen LogP contribution in [0.5, 0.6) is 0 Å². The summed E-state index contributed by atoms with van der Waals surface area (Å²) in [5.74, 6) is 0.506. The zero-order chi connectivity index (χ0) is 8.53. The molecule has 0 fully saturated rings. The lowest BCUT2D eigenvalue weighted by molar-refractivity contribution is 0.463. The first-order chi connectivity index (χ1) is 5.35. The number of nitrogens with one attached hydrogen (secondary N) is 1. The lowest BCUT2D eigenvalue weighted by Gasteiger charge is -2.13. The van der Waals surface area contributed by atoms with E-state index in [0.717, 1.165) is 19.5 Å². The third-order valence-electron chi connectivity index (χ3n) is 1.66. The van der Waals surface area contributed by atoms with Gasteiger partial charge in [-0.05, 0) is 32.0 Å². The molecule has 0 aliphatic rings. The molecule has 0 aromatic carbocycles. The molecule has 0 saturated heterocycles. The minimum absolute atomic E-state index is 0.506. The van der Waals surface area contributed by atoms with Crippen molar-refractivity contribution < 1.29 is 0 Å². The molecular formula is C7H20N4. The van der Waals surface area contributed by atoms with E-state index >= 15 is 0 Å². The minimum atomic E-state index is 0.506. The van der Waals surface area contributed by atoms with Crippen LogP contribution >= 0.6 is 0 Å². The molecule has 4 heteroatoms. The molecule has 0 aliphatic carbocycles. The van der Waals surface area contributed by atoms with Gasteiger partial charge in [0, 0.05) is 13.1 Å². The van der Waals surface area contributed by atoms with Crippen LogP contribution in [0.2, 0.25) is 0 Å². The van der Waals surface area contributed by atoms with Gasteiger partial charge in [0.15, 0.2) is 0 Å². The molecule has 0 unspecified atom stereocenters. The van der Waals surface area contributed by atoms with Crippen LogP contribution in [0.25, 0.3) is 0 Å². The first-order valence-electron chi connectivity index (χ1n) is 4.16. The van der Waals surface area contributed by atoms with Crippen LogP contribution < -0.4 is 22.5 Å². The summed E-state index contributed by atoms with van der Waals surface area (Å²) in [6.07, 6.45) is 0.994. The van der Waals surface area contributed by atoms with Crippen LogP contribution in [0, 0.1) is 5.92 Å². The molecule has 0 heterocycles. The Hall–Kier alpha value is -0.160. The second kappa shape index (κ2) is 7.94. The molecule has 0 rings (SSSR count). The number of rotatable bonds is 7. The Kier molecular flexibility index (Phi) is 7.83. The normalized spacial score (nSPS) is 13.4. The fourth-order valence-electron chi connectivity index (χ4n) is 0.947. The number of nitrogens with two attached hydrogens (primary N) is 3. The van der Waals surface area contributed by atoms with Crippen molar-refractivity contribution in [2.45, 2.75) is 6.42 Å². The van der Waals surface area contributed by atoms with E-state index in [-0.39, 0.29) is 0 Å². The Balaban J connectivity index is 3.20. The van der Waals surface area contributed by atoms with E-state index in [0.29, 0.717) is 25.6 Å². The van der Waals surface area contributed by atoms with Crippen molar-refractivity contribution in [1.29, 1.82) is 0 Å². The molecular weight excluding hydrogens is 140 g/mol. The highest BCUT2D eigenvalue weighted by atomic mass is 14.9. The summed E-state index contributed by atoms with van der Waals surface area (Å²) in [6.45, 7) is 3.90. The maximum absolute atomic E-state index is 5.51. The average molecular weight is 160 g/mol. The van der Waals surface area contributed by atoms with Gasteiger partial charge in [0.1, 0.15) is 0 Å². The summed E-state index contributed by atoms with van der Waals surface area (Å²) in [4.78, 5) is 0. The van der Waals surface area contributed by atoms with Gasteiger partial charge in [-0.2, -0.15) is 0 Å². The maximum Gasteiger partial charge on any atom is 0.00746 e. The lowest BCUT2D eigenvalue weighted by Crippen LogP contribution is -2.32. The highest BCUT2D eigenvalue weighted by molar-refractivity contribution is 4.63. The molecule has 0 saturated carbocycles. The van der Waals surface area contributed by atoms with E-state index < -0.39 is 0 Å². The van der Waals surface area contributed by atoms with E-state index in [9.17, 15) is 0 Å². The molecule has 0 aliphatic heterocycles. The van der Waals surface area contributed by atoms with E-state index in [2.05, 4.69) is 5.32 Å². The van der Waals surface area contributed by atoms with Gasteiger partial charge >= 0.3 is 0 Å². The smallest absolute Gasteiger partial charge is 0.00746 e. The Labute approximate surface area is 68.5 Å². The Morgan fingerprint density at radius 3 is 2.27 bits per heavy atom. The SMILES string of the molecule is NCCNC[C@H](CN)CCN. The molecule has 0 aromatic heterocycles. The van der Waals surface area contributed by atoms with Gasteiger partial charge < -0.3 is 22.5 Å². The monoisotopic (exact) mass is 160 g/mol. The van der Waals surface area contributed by atoms with E-state index in [1.807, 2.05) is 0 Å². The Morgan fingerprint density at radius 2 is 1.82 bits per heavy atom. The van der Waals surface area contributed by atoms with Crippen molar-refractivity contribution in [3.05, 3.63) is 0 Å². The summed E-state index contributed by atoms with van der Waals surface area (Å²) in [7, 11) is 0. The van der Waals surface area contributed by atoms with Crippen molar-refractivity contribution in [3.63, 3.8) is 0 Å². The molecule has 0 spiro atoms. The molecule has 7 N–H and O–H groups in total. The zero-order valence-corrected chi connectivity index (χ0v) is 7.05. The Morgan fingerprint density at radius 1 is 1.09 bits per heavy atom. The fourth-order valence-corrected chi connectivity index (χ4v) is 0.947. The van der Waals surface area contributed by atoms with Gasteiger partial charge in [0.2, 0.25) is 0 Å². The van der Waals surface area contributed by atoms with Gasteiger partial charge in [-0.3, -0.25) is 0 Å². The van der Waals surface area contributed by atoms with Crippen LogP contribution in [0.4, 0.5) is 0 Å². The second-order valence-corrected chi connectivity index (χ2v) is 2.67. The molecule has 1 atom stereocenters. The van der Waals surface area contributed by atoms with Crippen LogP contribution in [-0.2, 0) is 0 Å². The molecule has 0 bridgehead atoms. The summed E-state index contributed by atoms with van der Waals surface area (Å²) < 4.78 is 0. The lowest BCUT2D eigenvalue weighted by atomic mass is 10.1. The van der Waals surface area contributed by atoms with Crippen LogP contribution in [0.3, 0.4) is 0 Å².